The molecule has 0 spiro atoms. The van der Waals surface area contributed by atoms with Crippen molar-refractivity contribution in [2.75, 3.05) is 0 Å². The summed E-state index contributed by atoms with van der Waals surface area (Å²) in [7, 11) is 0. The zero-order chi connectivity index (χ0) is 10.9. The number of hydrogen-bond acceptors (Lipinski definition) is 2. The van der Waals surface area contributed by atoms with Crippen LogP contribution in [-0.2, 0) is 0 Å². The lowest BCUT2D eigenvalue weighted by Gasteiger charge is -2.67. The molecule has 2 nitrogen and oxygen atoms in total. The number of fused-ring (bicyclic) bond motifs is 1. The van der Waals surface area contributed by atoms with Crippen molar-refractivity contribution in [3.05, 3.63) is 12.2 Å². The van der Waals surface area contributed by atoms with Gasteiger partial charge in [-0.3, -0.25) is 0 Å². The van der Waals surface area contributed by atoms with Gasteiger partial charge in [-0.05, 0) is 44.4 Å². The highest BCUT2D eigenvalue weighted by Crippen LogP contribution is 2.65. The van der Waals surface area contributed by atoms with Gasteiger partial charge in [0.15, 0.2) is 0 Å². The summed E-state index contributed by atoms with van der Waals surface area (Å²) in [6.45, 7) is 4.00. The molecule has 3 fully saturated rings. The third-order valence-electron chi connectivity index (χ3n) is 5.73. The predicted molar refractivity (Wildman–Crippen MR) is 58.3 cm³/mol. The Morgan fingerprint density at radius 1 is 1.27 bits per heavy atom. The fraction of sp³-hybridized carbons (Fsp3) is 0.846. The van der Waals surface area contributed by atoms with Gasteiger partial charge in [-0.1, -0.05) is 19.1 Å². The quantitative estimate of drug-likeness (QED) is 0.597. The Kier molecular flexibility index (Phi) is 1.64. The lowest BCUT2D eigenvalue weighted by molar-refractivity contribution is -0.293. The summed E-state index contributed by atoms with van der Waals surface area (Å²) in [6.07, 6.45) is 8.10. The number of allylic oxidation sites excluding steroid dienone is 1. The summed E-state index contributed by atoms with van der Waals surface area (Å²) in [5.74, 6) is 0.745. The first-order valence-corrected chi connectivity index (χ1v) is 6.03. The van der Waals surface area contributed by atoms with Crippen LogP contribution in [0.5, 0.6) is 0 Å². The topological polar surface area (TPSA) is 40.5 Å². The monoisotopic (exact) mass is 208 g/mol. The Hall–Kier alpha value is -0.340. The van der Waals surface area contributed by atoms with Crippen LogP contribution in [0.1, 0.15) is 39.5 Å². The van der Waals surface area contributed by atoms with Crippen molar-refractivity contribution in [1.82, 2.24) is 0 Å². The van der Waals surface area contributed by atoms with Gasteiger partial charge in [0.2, 0.25) is 0 Å². The normalized spacial score (nSPS) is 62.1. The standard InChI is InChI=1S/C13H20O2/c1-11-7-5-10-8-9(11)4-3-6-13(11,15)12(10,2)14/h3-4,9-10,14-15H,5-8H2,1-2H3/t9-,10+,11-,12+,13-/m0/s1. The first-order valence-electron chi connectivity index (χ1n) is 6.03. The van der Waals surface area contributed by atoms with Crippen molar-refractivity contribution in [1.29, 1.82) is 0 Å². The third-order valence-corrected chi connectivity index (χ3v) is 5.73. The SMILES string of the molecule is C[C@]12CC[C@@H]3C[C@@H]1C=CC[C@@]2(O)[C@]3(C)O. The molecule has 2 N–H and O–H groups in total. The Morgan fingerprint density at radius 3 is 2.67 bits per heavy atom. The summed E-state index contributed by atoms with van der Waals surface area (Å²) < 4.78 is 0. The summed E-state index contributed by atoms with van der Waals surface area (Å²) in [5, 5.41) is 21.5. The molecule has 15 heavy (non-hydrogen) atoms. The van der Waals surface area contributed by atoms with E-state index in [1.807, 2.05) is 6.92 Å². The van der Waals surface area contributed by atoms with Crippen molar-refractivity contribution in [2.45, 2.75) is 50.7 Å². The summed E-state index contributed by atoms with van der Waals surface area (Å²) >= 11 is 0. The Morgan fingerprint density at radius 2 is 2.00 bits per heavy atom. The van der Waals surface area contributed by atoms with Crippen LogP contribution in [0, 0.1) is 17.3 Å². The van der Waals surface area contributed by atoms with Crippen LogP contribution in [0.2, 0.25) is 0 Å². The third kappa shape index (κ3) is 0.853. The summed E-state index contributed by atoms with van der Waals surface area (Å²) in [6, 6.07) is 0. The molecule has 0 aromatic rings. The number of aliphatic hydroxyl groups is 2. The molecule has 0 amide bonds. The van der Waals surface area contributed by atoms with Crippen molar-refractivity contribution in [2.24, 2.45) is 17.3 Å². The number of hydrogen-bond donors (Lipinski definition) is 2. The van der Waals surface area contributed by atoms with E-state index in [9.17, 15) is 10.2 Å². The second-order valence-corrected chi connectivity index (χ2v) is 6.14. The molecule has 4 bridgehead atoms. The summed E-state index contributed by atoms with van der Waals surface area (Å²) in [5.41, 5.74) is -1.91. The highest BCUT2D eigenvalue weighted by molar-refractivity contribution is 5.26. The number of rotatable bonds is 0. The van der Waals surface area contributed by atoms with Gasteiger partial charge in [0.1, 0.15) is 5.60 Å². The molecule has 3 saturated carbocycles. The maximum atomic E-state index is 10.9. The van der Waals surface area contributed by atoms with E-state index in [0.717, 1.165) is 19.3 Å². The first-order chi connectivity index (χ1) is 6.92. The fourth-order valence-corrected chi connectivity index (χ4v) is 4.42. The molecule has 0 aromatic heterocycles. The summed E-state index contributed by atoms with van der Waals surface area (Å²) in [4.78, 5) is 0. The minimum Gasteiger partial charge on any atom is -0.387 e. The molecular formula is C13H20O2. The van der Waals surface area contributed by atoms with Crippen LogP contribution in [0.25, 0.3) is 0 Å². The molecule has 4 rings (SSSR count). The molecule has 0 aliphatic heterocycles. The first kappa shape index (κ1) is 9.86. The molecule has 5 atom stereocenters. The zero-order valence-electron chi connectivity index (χ0n) is 9.53. The van der Waals surface area contributed by atoms with Gasteiger partial charge in [-0.2, -0.15) is 0 Å². The van der Waals surface area contributed by atoms with Crippen molar-refractivity contribution < 1.29 is 10.2 Å². The smallest absolute Gasteiger partial charge is 0.103 e. The Balaban J connectivity index is 2.19. The van der Waals surface area contributed by atoms with E-state index < -0.39 is 11.2 Å². The molecule has 0 unspecified atom stereocenters. The Bertz CT molecular complexity index is 333. The largest absolute Gasteiger partial charge is 0.387 e. The highest BCUT2D eigenvalue weighted by Gasteiger charge is 2.69. The van der Waals surface area contributed by atoms with E-state index in [1.54, 1.807) is 0 Å². The van der Waals surface area contributed by atoms with E-state index in [4.69, 9.17) is 0 Å². The molecular weight excluding hydrogens is 188 g/mol. The van der Waals surface area contributed by atoms with E-state index in [2.05, 4.69) is 19.1 Å². The van der Waals surface area contributed by atoms with E-state index in [1.165, 1.54) is 0 Å². The lowest BCUT2D eigenvalue weighted by Crippen LogP contribution is -2.73. The van der Waals surface area contributed by atoms with Gasteiger partial charge >= 0.3 is 0 Å². The van der Waals surface area contributed by atoms with Gasteiger partial charge in [0, 0.05) is 5.41 Å². The van der Waals surface area contributed by atoms with Gasteiger partial charge in [-0.25, -0.2) is 0 Å². The fourth-order valence-electron chi connectivity index (χ4n) is 4.42. The van der Waals surface area contributed by atoms with Crippen LogP contribution in [0.3, 0.4) is 0 Å². The van der Waals surface area contributed by atoms with Crippen molar-refractivity contribution in [3.8, 4) is 0 Å². The molecule has 4 aliphatic rings. The minimum atomic E-state index is -0.902. The highest BCUT2D eigenvalue weighted by atomic mass is 16.4. The Labute approximate surface area is 91.0 Å². The second-order valence-electron chi connectivity index (χ2n) is 6.14. The van der Waals surface area contributed by atoms with Crippen LogP contribution in [0.15, 0.2) is 12.2 Å². The van der Waals surface area contributed by atoms with Crippen LogP contribution in [0.4, 0.5) is 0 Å². The molecule has 0 saturated heterocycles. The van der Waals surface area contributed by atoms with Gasteiger partial charge in [-0.15, -0.1) is 0 Å². The van der Waals surface area contributed by atoms with Crippen LogP contribution >= 0.6 is 0 Å². The molecule has 0 radical (unpaired) electrons. The average molecular weight is 208 g/mol. The minimum absolute atomic E-state index is 0.111. The van der Waals surface area contributed by atoms with Crippen LogP contribution < -0.4 is 0 Å². The van der Waals surface area contributed by atoms with Gasteiger partial charge in [0.05, 0.1) is 5.60 Å². The van der Waals surface area contributed by atoms with Crippen molar-refractivity contribution in [3.63, 3.8) is 0 Å². The molecule has 84 valence electrons. The maximum absolute atomic E-state index is 10.9. The molecule has 0 heterocycles. The lowest BCUT2D eigenvalue weighted by atomic mass is 9.41. The average Bonchev–Trinajstić information content (AvgIpc) is 2.16. The molecule has 2 heteroatoms. The predicted octanol–water partition coefficient (Wildman–Crippen LogP) is 1.86. The van der Waals surface area contributed by atoms with E-state index >= 15 is 0 Å². The van der Waals surface area contributed by atoms with Crippen molar-refractivity contribution >= 4 is 0 Å². The maximum Gasteiger partial charge on any atom is 0.103 e. The second kappa shape index (κ2) is 2.49. The van der Waals surface area contributed by atoms with E-state index in [-0.39, 0.29) is 11.3 Å². The zero-order valence-corrected chi connectivity index (χ0v) is 9.53. The molecule has 4 aliphatic carbocycles. The van der Waals surface area contributed by atoms with Crippen LogP contribution in [-0.4, -0.2) is 21.4 Å². The van der Waals surface area contributed by atoms with E-state index in [0.29, 0.717) is 12.3 Å². The molecule has 0 aromatic carbocycles. The van der Waals surface area contributed by atoms with Gasteiger partial charge < -0.3 is 10.2 Å². The van der Waals surface area contributed by atoms with Gasteiger partial charge in [0.25, 0.3) is 0 Å².